The fourth-order valence-corrected chi connectivity index (χ4v) is 3.24. The molecule has 21 heavy (non-hydrogen) atoms. The van der Waals surface area contributed by atoms with Crippen LogP contribution in [0.5, 0.6) is 0 Å². The number of imidazole rings is 1. The molecule has 0 fully saturated rings. The van der Waals surface area contributed by atoms with Crippen LogP contribution in [0.15, 0.2) is 30.6 Å². The van der Waals surface area contributed by atoms with Gasteiger partial charge in [-0.25, -0.2) is 4.98 Å². The number of aryl methyl sites for hydroxylation is 1. The van der Waals surface area contributed by atoms with Gasteiger partial charge in [0.1, 0.15) is 0 Å². The van der Waals surface area contributed by atoms with Crippen LogP contribution in [0.1, 0.15) is 48.2 Å². The van der Waals surface area contributed by atoms with Gasteiger partial charge >= 0.3 is 0 Å². The zero-order valence-electron chi connectivity index (χ0n) is 13.1. The lowest BCUT2D eigenvalue weighted by Gasteiger charge is -2.15. The molecule has 0 aliphatic heterocycles. The molecule has 3 rings (SSSR count). The minimum Gasteiger partial charge on any atom is -0.330 e. The second-order valence-corrected chi connectivity index (χ2v) is 6.17. The van der Waals surface area contributed by atoms with Gasteiger partial charge in [0.2, 0.25) is 0 Å². The first-order chi connectivity index (χ1) is 10.3. The molecule has 112 valence electrons. The summed E-state index contributed by atoms with van der Waals surface area (Å²) in [6, 6.07) is 9.05. The molecule has 0 bridgehead atoms. The van der Waals surface area contributed by atoms with E-state index in [9.17, 15) is 0 Å². The summed E-state index contributed by atoms with van der Waals surface area (Å²) in [5.74, 6) is 0.560. The molecule has 2 aromatic rings. The van der Waals surface area contributed by atoms with Gasteiger partial charge in [-0.15, -0.1) is 0 Å². The molecule has 0 amide bonds. The second kappa shape index (κ2) is 6.44. The van der Waals surface area contributed by atoms with E-state index in [1.54, 1.807) is 0 Å². The molecule has 0 radical (unpaired) electrons. The molecule has 1 aromatic heterocycles. The number of hydrogen-bond acceptors (Lipinski definition) is 2. The highest BCUT2D eigenvalue weighted by molar-refractivity contribution is 5.26. The summed E-state index contributed by atoms with van der Waals surface area (Å²) in [5, 5.41) is 3.24. The van der Waals surface area contributed by atoms with Crippen molar-refractivity contribution in [1.29, 1.82) is 0 Å². The SMILES string of the molecule is CNCC(C)c1ccc(Cn2cnc3c2CCCC3)cc1. The van der Waals surface area contributed by atoms with Crippen LogP contribution in [0.2, 0.25) is 0 Å². The Kier molecular flexibility index (Phi) is 4.39. The first-order valence-electron chi connectivity index (χ1n) is 8.04. The lowest BCUT2D eigenvalue weighted by molar-refractivity contribution is 0.628. The summed E-state index contributed by atoms with van der Waals surface area (Å²) in [7, 11) is 2.01. The van der Waals surface area contributed by atoms with Gasteiger partial charge in [0, 0.05) is 18.8 Å². The van der Waals surface area contributed by atoms with E-state index in [0.29, 0.717) is 5.92 Å². The molecule has 3 nitrogen and oxygen atoms in total. The van der Waals surface area contributed by atoms with Crippen LogP contribution in [-0.2, 0) is 19.4 Å². The standard InChI is InChI=1S/C18H25N3/c1-14(11-19-2)16-9-7-15(8-10-16)12-21-13-20-17-5-3-4-6-18(17)21/h7-10,13-14,19H,3-6,11-12H2,1-2H3. The Bertz CT molecular complexity index is 583. The van der Waals surface area contributed by atoms with E-state index in [2.05, 4.69) is 46.1 Å². The Hall–Kier alpha value is -1.61. The van der Waals surface area contributed by atoms with E-state index in [1.807, 2.05) is 13.4 Å². The number of hydrogen-bond donors (Lipinski definition) is 1. The highest BCUT2D eigenvalue weighted by atomic mass is 15.1. The van der Waals surface area contributed by atoms with E-state index < -0.39 is 0 Å². The van der Waals surface area contributed by atoms with E-state index in [0.717, 1.165) is 19.5 Å². The Morgan fingerprint density at radius 3 is 2.71 bits per heavy atom. The summed E-state index contributed by atoms with van der Waals surface area (Å²) in [4.78, 5) is 4.58. The number of rotatable bonds is 5. The maximum atomic E-state index is 4.58. The maximum absolute atomic E-state index is 4.58. The minimum absolute atomic E-state index is 0.560. The molecule has 0 spiro atoms. The lowest BCUT2D eigenvalue weighted by atomic mass is 9.99. The predicted octanol–water partition coefficient (Wildman–Crippen LogP) is 3.13. The number of likely N-dealkylation sites (N-methyl/N-ethyl adjacent to an activating group) is 1. The van der Waals surface area contributed by atoms with E-state index in [-0.39, 0.29) is 0 Å². The molecule has 1 unspecified atom stereocenters. The molecule has 1 aliphatic carbocycles. The summed E-state index contributed by atoms with van der Waals surface area (Å²) in [6.45, 7) is 4.23. The molecule has 1 aliphatic rings. The van der Waals surface area contributed by atoms with Gasteiger partial charge in [-0.3, -0.25) is 0 Å². The summed E-state index contributed by atoms with van der Waals surface area (Å²) in [5.41, 5.74) is 5.54. The Balaban J connectivity index is 1.72. The van der Waals surface area contributed by atoms with Crippen LogP contribution in [0, 0.1) is 0 Å². The van der Waals surface area contributed by atoms with Gasteiger partial charge in [-0.1, -0.05) is 31.2 Å². The fourth-order valence-electron chi connectivity index (χ4n) is 3.24. The average Bonchev–Trinajstić information content (AvgIpc) is 2.92. The molecule has 1 aromatic carbocycles. The largest absolute Gasteiger partial charge is 0.330 e. The van der Waals surface area contributed by atoms with E-state index in [1.165, 1.54) is 41.8 Å². The van der Waals surface area contributed by atoms with E-state index in [4.69, 9.17) is 0 Å². The fraction of sp³-hybridized carbons (Fsp3) is 0.500. The van der Waals surface area contributed by atoms with Crippen molar-refractivity contribution in [3.8, 4) is 0 Å². The third-order valence-electron chi connectivity index (χ3n) is 4.52. The highest BCUT2D eigenvalue weighted by Gasteiger charge is 2.15. The maximum Gasteiger partial charge on any atom is 0.0954 e. The van der Waals surface area contributed by atoms with Gasteiger partial charge in [0.25, 0.3) is 0 Å². The second-order valence-electron chi connectivity index (χ2n) is 6.17. The van der Waals surface area contributed by atoms with Crippen LogP contribution < -0.4 is 5.32 Å². The average molecular weight is 283 g/mol. The van der Waals surface area contributed by atoms with Crippen molar-refractivity contribution in [3.05, 3.63) is 53.1 Å². The summed E-state index contributed by atoms with van der Waals surface area (Å²) in [6.07, 6.45) is 6.96. The third kappa shape index (κ3) is 3.18. The normalized spacial score (nSPS) is 15.7. The number of fused-ring (bicyclic) bond motifs is 1. The molecule has 0 saturated heterocycles. The molecule has 1 heterocycles. The van der Waals surface area contributed by atoms with Crippen molar-refractivity contribution in [2.75, 3.05) is 13.6 Å². The topological polar surface area (TPSA) is 29.9 Å². The van der Waals surface area contributed by atoms with Crippen molar-refractivity contribution in [2.24, 2.45) is 0 Å². The first-order valence-corrected chi connectivity index (χ1v) is 8.04. The van der Waals surface area contributed by atoms with Crippen LogP contribution in [0.4, 0.5) is 0 Å². The van der Waals surface area contributed by atoms with Crippen molar-refractivity contribution >= 4 is 0 Å². The van der Waals surface area contributed by atoms with Crippen molar-refractivity contribution in [2.45, 2.75) is 45.1 Å². The molecular weight excluding hydrogens is 258 g/mol. The van der Waals surface area contributed by atoms with Crippen molar-refractivity contribution < 1.29 is 0 Å². The van der Waals surface area contributed by atoms with Crippen molar-refractivity contribution in [3.63, 3.8) is 0 Å². The molecule has 1 atom stereocenters. The predicted molar refractivity (Wildman–Crippen MR) is 86.8 cm³/mol. The number of nitrogens with zero attached hydrogens (tertiary/aromatic N) is 2. The Labute approximate surface area is 127 Å². The Morgan fingerprint density at radius 1 is 1.19 bits per heavy atom. The third-order valence-corrected chi connectivity index (χ3v) is 4.52. The molecular formula is C18H25N3. The Morgan fingerprint density at radius 2 is 1.95 bits per heavy atom. The molecule has 0 saturated carbocycles. The zero-order chi connectivity index (χ0) is 14.7. The number of nitrogens with one attached hydrogen (secondary N) is 1. The quantitative estimate of drug-likeness (QED) is 0.913. The molecule has 1 N–H and O–H groups in total. The zero-order valence-corrected chi connectivity index (χ0v) is 13.1. The highest BCUT2D eigenvalue weighted by Crippen LogP contribution is 2.21. The minimum atomic E-state index is 0.560. The van der Waals surface area contributed by atoms with Crippen LogP contribution in [0.3, 0.4) is 0 Å². The van der Waals surface area contributed by atoms with Crippen LogP contribution >= 0.6 is 0 Å². The van der Waals surface area contributed by atoms with Crippen molar-refractivity contribution in [1.82, 2.24) is 14.9 Å². The first kappa shape index (κ1) is 14.3. The van der Waals surface area contributed by atoms with Gasteiger partial charge in [-0.2, -0.15) is 0 Å². The molecule has 3 heteroatoms. The van der Waals surface area contributed by atoms with E-state index >= 15 is 0 Å². The van der Waals surface area contributed by atoms with Crippen LogP contribution in [0.25, 0.3) is 0 Å². The van der Waals surface area contributed by atoms with Gasteiger partial charge in [-0.05, 0) is 49.8 Å². The van der Waals surface area contributed by atoms with Gasteiger partial charge in [0.05, 0.1) is 12.0 Å². The lowest BCUT2D eigenvalue weighted by Crippen LogP contribution is -2.14. The van der Waals surface area contributed by atoms with Gasteiger partial charge < -0.3 is 9.88 Å². The summed E-state index contributed by atoms with van der Waals surface area (Å²) < 4.78 is 2.33. The summed E-state index contributed by atoms with van der Waals surface area (Å²) >= 11 is 0. The smallest absolute Gasteiger partial charge is 0.0954 e. The number of aromatic nitrogens is 2. The number of benzene rings is 1. The van der Waals surface area contributed by atoms with Gasteiger partial charge in [0.15, 0.2) is 0 Å². The van der Waals surface area contributed by atoms with Crippen LogP contribution in [-0.4, -0.2) is 23.1 Å². The monoisotopic (exact) mass is 283 g/mol.